The molecule has 0 amide bonds. The predicted octanol–water partition coefficient (Wildman–Crippen LogP) is 2.61. The van der Waals surface area contributed by atoms with Crippen LogP contribution in [0.1, 0.15) is 19.5 Å². The van der Waals surface area contributed by atoms with Crippen LogP contribution in [-0.2, 0) is 19.1 Å². The fourth-order valence-corrected chi connectivity index (χ4v) is 2.29. The van der Waals surface area contributed by atoms with Crippen molar-refractivity contribution in [1.82, 2.24) is 9.78 Å². The van der Waals surface area contributed by atoms with E-state index in [-0.39, 0.29) is 18.8 Å². The lowest BCUT2D eigenvalue weighted by atomic mass is 10.3. The number of methoxy groups -OCH3 is 1. The van der Waals surface area contributed by atoms with Crippen LogP contribution in [0.25, 0.3) is 5.69 Å². The Morgan fingerprint density at radius 1 is 1.11 bits per heavy atom. The van der Waals surface area contributed by atoms with Gasteiger partial charge in [-0.3, -0.25) is 0 Å². The molecule has 8 heteroatoms. The number of anilines is 1. The molecular weight excluding hydrogens is 350 g/mol. The Hall–Kier alpha value is -3.29. The highest BCUT2D eigenvalue weighted by atomic mass is 16.6. The molecule has 0 bridgehead atoms. The minimum Gasteiger partial charge on any atom is -0.497 e. The molecule has 0 saturated carbocycles. The topological polar surface area (TPSA) is 91.7 Å². The SMILES string of the molecule is CCOC(=O)C(=CNc1cc(C)nn1-c1ccc(OC)cc1)C(=O)OCC. The van der Waals surface area contributed by atoms with Crippen molar-refractivity contribution in [2.45, 2.75) is 20.8 Å². The number of rotatable bonds is 8. The van der Waals surface area contributed by atoms with Gasteiger partial charge in [0.1, 0.15) is 11.6 Å². The third kappa shape index (κ3) is 5.10. The second kappa shape index (κ2) is 9.42. The molecule has 0 unspecified atom stereocenters. The molecule has 0 spiro atoms. The summed E-state index contributed by atoms with van der Waals surface area (Å²) in [6, 6.07) is 9.10. The minimum atomic E-state index is -0.754. The molecule has 1 heterocycles. The molecular formula is C19H23N3O5. The van der Waals surface area contributed by atoms with Crippen LogP contribution in [0.4, 0.5) is 5.82 Å². The Kier molecular flexibility index (Phi) is 6.99. The van der Waals surface area contributed by atoms with E-state index in [0.29, 0.717) is 5.82 Å². The van der Waals surface area contributed by atoms with Crippen LogP contribution in [-0.4, -0.2) is 42.0 Å². The number of carbonyl (C=O) groups excluding carboxylic acids is 2. The van der Waals surface area contributed by atoms with E-state index in [1.807, 2.05) is 31.2 Å². The van der Waals surface area contributed by atoms with Gasteiger partial charge in [-0.2, -0.15) is 5.10 Å². The van der Waals surface area contributed by atoms with Crippen molar-refractivity contribution in [2.75, 3.05) is 25.6 Å². The Balaban J connectivity index is 2.32. The summed E-state index contributed by atoms with van der Waals surface area (Å²) in [5.74, 6) is -0.209. The molecule has 0 atom stereocenters. The number of nitrogens with zero attached hydrogens (tertiary/aromatic N) is 2. The van der Waals surface area contributed by atoms with Crippen molar-refractivity contribution < 1.29 is 23.8 Å². The van der Waals surface area contributed by atoms with Gasteiger partial charge in [0.2, 0.25) is 0 Å². The fraction of sp³-hybridized carbons (Fsp3) is 0.316. The van der Waals surface area contributed by atoms with E-state index in [1.54, 1.807) is 31.7 Å². The summed E-state index contributed by atoms with van der Waals surface area (Å²) in [6.45, 7) is 5.47. The fourth-order valence-electron chi connectivity index (χ4n) is 2.29. The van der Waals surface area contributed by atoms with Crippen molar-refractivity contribution in [1.29, 1.82) is 0 Å². The number of hydrogen-bond donors (Lipinski definition) is 1. The summed E-state index contributed by atoms with van der Waals surface area (Å²) in [5.41, 5.74) is 1.32. The lowest BCUT2D eigenvalue weighted by molar-refractivity contribution is -0.146. The minimum absolute atomic E-state index is 0.151. The number of nitrogens with one attached hydrogen (secondary N) is 1. The smallest absolute Gasteiger partial charge is 0.347 e. The van der Waals surface area contributed by atoms with Crippen molar-refractivity contribution >= 4 is 17.8 Å². The molecule has 0 aliphatic heterocycles. The predicted molar refractivity (Wildman–Crippen MR) is 99.8 cm³/mol. The largest absolute Gasteiger partial charge is 0.497 e. The number of ether oxygens (including phenoxy) is 3. The first-order chi connectivity index (χ1) is 13.0. The molecule has 144 valence electrons. The Morgan fingerprint density at radius 3 is 2.22 bits per heavy atom. The van der Waals surface area contributed by atoms with E-state index in [0.717, 1.165) is 17.1 Å². The number of aryl methyl sites for hydroxylation is 1. The third-order valence-corrected chi connectivity index (χ3v) is 3.50. The van der Waals surface area contributed by atoms with E-state index in [4.69, 9.17) is 14.2 Å². The number of esters is 2. The van der Waals surface area contributed by atoms with Gasteiger partial charge in [0.05, 0.1) is 31.7 Å². The van der Waals surface area contributed by atoms with Gasteiger partial charge in [-0.15, -0.1) is 0 Å². The molecule has 2 rings (SSSR count). The highest BCUT2D eigenvalue weighted by molar-refractivity contribution is 6.14. The highest BCUT2D eigenvalue weighted by Gasteiger charge is 2.21. The monoisotopic (exact) mass is 373 g/mol. The Morgan fingerprint density at radius 2 is 1.70 bits per heavy atom. The molecule has 1 N–H and O–H groups in total. The van der Waals surface area contributed by atoms with Crippen LogP contribution in [0.5, 0.6) is 5.75 Å². The molecule has 0 fully saturated rings. The molecule has 0 aliphatic carbocycles. The van der Waals surface area contributed by atoms with E-state index in [2.05, 4.69) is 10.4 Å². The first-order valence-electron chi connectivity index (χ1n) is 8.52. The van der Waals surface area contributed by atoms with Gasteiger partial charge in [-0.25, -0.2) is 14.3 Å². The van der Waals surface area contributed by atoms with Gasteiger partial charge in [0, 0.05) is 12.3 Å². The summed E-state index contributed by atoms with van der Waals surface area (Å²) in [6.07, 6.45) is 1.27. The van der Waals surface area contributed by atoms with Gasteiger partial charge >= 0.3 is 11.9 Å². The number of hydrogen-bond acceptors (Lipinski definition) is 7. The van der Waals surface area contributed by atoms with Gasteiger partial charge in [0.25, 0.3) is 0 Å². The molecule has 1 aromatic carbocycles. The lowest BCUT2D eigenvalue weighted by Crippen LogP contribution is -2.19. The second-order valence-electron chi connectivity index (χ2n) is 5.42. The summed E-state index contributed by atoms with van der Waals surface area (Å²) >= 11 is 0. The van der Waals surface area contributed by atoms with Gasteiger partial charge in [-0.1, -0.05) is 0 Å². The van der Waals surface area contributed by atoms with Crippen LogP contribution in [0.15, 0.2) is 42.1 Å². The molecule has 0 aliphatic rings. The van der Waals surface area contributed by atoms with E-state index in [1.165, 1.54) is 6.20 Å². The first kappa shape index (κ1) is 20.0. The number of carbonyl (C=O) groups is 2. The summed E-state index contributed by atoms with van der Waals surface area (Å²) in [7, 11) is 1.59. The normalized spacial score (nSPS) is 10.1. The zero-order valence-corrected chi connectivity index (χ0v) is 15.8. The van der Waals surface area contributed by atoms with E-state index < -0.39 is 11.9 Å². The average Bonchev–Trinajstić information content (AvgIpc) is 3.03. The molecule has 27 heavy (non-hydrogen) atoms. The summed E-state index contributed by atoms with van der Waals surface area (Å²) in [5, 5.41) is 7.37. The second-order valence-corrected chi connectivity index (χ2v) is 5.42. The highest BCUT2D eigenvalue weighted by Crippen LogP contribution is 2.20. The lowest BCUT2D eigenvalue weighted by Gasteiger charge is -2.10. The van der Waals surface area contributed by atoms with Crippen LogP contribution in [0.2, 0.25) is 0 Å². The standard InChI is InChI=1S/C19H23N3O5/c1-5-26-18(23)16(19(24)27-6-2)12-20-17-11-13(3)21-22(17)14-7-9-15(25-4)10-8-14/h7-12,20H,5-6H2,1-4H3. The Labute approximate surface area is 157 Å². The van der Waals surface area contributed by atoms with E-state index >= 15 is 0 Å². The maximum Gasteiger partial charge on any atom is 0.347 e. The van der Waals surface area contributed by atoms with Crippen LogP contribution in [0, 0.1) is 6.92 Å². The molecule has 0 saturated heterocycles. The van der Waals surface area contributed by atoms with Crippen LogP contribution >= 0.6 is 0 Å². The van der Waals surface area contributed by atoms with E-state index in [9.17, 15) is 9.59 Å². The zero-order chi connectivity index (χ0) is 19.8. The van der Waals surface area contributed by atoms with Crippen molar-refractivity contribution in [2.24, 2.45) is 0 Å². The summed E-state index contributed by atoms with van der Waals surface area (Å²) in [4.78, 5) is 24.1. The van der Waals surface area contributed by atoms with Crippen molar-refractivity contribution in [3.63, 3.8) is 0 Å². The Bertz CT molecular complexity index is 804. The van der Waals surface area contributed by atoms with Crippen molar-refractivity contribution in [3.8, 4) is 11.4 Å². The summed E-state index contributed by atoms with van der Waals surface area (Å²) < 4.78 is 16.7. The van der Waals surface area contributed by atoms with Gasteiger partial charge in [0.15, 0.2) is 5.57 Å². The quantitative estimate of drug-likeness (QED) is 0.329. The molecule has 8 nitrogen and oxygen atoms in total. The zero-order valence-electron chi connectivity index (χ0n) is 15.8. The third-order valence-electron chi connectivity index (χ3n) is 3.50. The van der Waals surface area contributed by atoms with Crippen LogP contribution < -0.4 is 10.1 Å². The molecule has 2 aromatic rings. The first-order valence-corrected chi connectivity index (χ1v) is 8.52. The maximum atomic E-state index is 12.0. The van der Waals surface area contributed by atoms with Gasteiger partial charge in [-0.05, 0) is 45.0 Å². The maximum absolute atomic E-state index is 12.0. The average molecular weight is 373 g/mol. The van der Waals surface area contributed by atoms with Gasteiger partial charge < -0.3 is 19.5 Å². The molecule has 1 aromatic heterocycles. The van der Waals surface area contributed by atoms with Crippen molar-refractivity contribution in [3.05, 3.63) is 47.8 Å². The molecule has 0 radical (unpaired) electrons. The van der Waals surface area contributed by atoms with Crippen LogP contribution in [0.3, 0.4) is 0 Å². The number of aromatic nitrogens is 2. The number of benzene rings is 1.